The summed E-state index contributed by atoms with van der Waals surface area (Å²) in [5.41, 5.74) is 1.59. The Morgan fingerprint density at radius 2 is 1.82 bits per heavy atom. The molecular weight excluding hydrogens is 422 g/mol. The van der Waals surface area contributed by atoms with Gasteiger partial charge >= 0.3 is 0 Å². The zero-order valence-electron chi connectivity index (χ0n) is 18.8. The summed E-state index contributed by atoms with van der Waals surface area (Å²) in [6.07, 6.45) is -0.230. The molecular formula is C25H27N3O5. The van der Waals surface area contributed by atoms with Crippen LogP contribution >= 0.6 is 0 Å². The predicted octanol–water partition coefficient (Wildman–Crippen LogP) is 1.56. The number of benzene rings is 2. The average molecular weight is 450 g/mol. The molecule has 0 saturated carbocycles. The maximum Gasteiger partial charge on any atom is 0.250 e. The van der Waals surface area contributed by atoms with E-state index >= 15 is 0 Å². The molecule has 3 N–H and O–H groups in total. The van der Waals surface area contributed by atoms with E-state index in [9.17, 15) is 19.5 Å². The third-order valence-electron chi connectivity index (χ3n) is 7.28. The van der Waals surface area contributed by atoms with Gasteiger partial charge in [0.15, 0.2) is 0 Å². The number of aliphatic hydroxyl groups excluding tert-OH is 1. The second kappa shape index (κ2) is 7.67. The van der Waals surface area contributed by atoms with Gasteiger partial charge in [0, 0.05) is 22.9 Å². The van der Waals surface area contributed by atoms with Crippen LogP contribution in [-0.2, 0) is 32.9 Å². The third-order valence-corrected chi connectivity index (χ3v) is 7.28. The first-order valence-corrected chi connectivity index (χ1v) is 11.2. The van der Waals surface area contributed by atoms with Crippen molar-refractivity contribution in [2.75, 3.05) is 12.4 Å². The zero-order chi connectivity index (χ0) is 23.5. The first kappa shape index (κ1) is 21.6. The summed E-state index contributed by atoms with van der Waals surface area (Å²) < 4.78 is 5.40. The second-order valence-electron chi connectivity index (χ2n) is 8.94. The van der Waals surface area contributed by atoms with Gasteiger partial charge in [-0.1, -0.05) is 43.3 Å². The number of para-hydroxylation sites is 2. The van der Waals surface area contributed by atoms with E-state index in [4.69, 9.17) is 4.74 Å². The molecule has 0 aliphatic carbocycles. The Bertz CT molecular complexity index is 1160. The summed E-state index contributed by atoms with van der Waals surface area (Å²) in [5.74, 6) is -2.40. The second-order valence-corrected chi connectivity index (χ2v) is 8.94. The van der Waals surface area contributed by atoms with Crippen LogP contribution in [0.3, 0.4) is 0 Å². The van der Waals surface area contributed by atoms with Gasteiger partial charge in [0.05, 0.1) is 31.6 Å². The van der Waals surface area contributed by atoms with E-state index in [1.54, 1.807) is 19.1 Å². The molecule has 3 amide bonds. The maximum atomic E-state index is 13.8. The Kier molecular flexibility index (Phi) is 5.02. The molecule has 5 rings (SSSR count). The van der Waals surface area contributed by atoms with Gasteiger partial charge in [0.1, 0.15) is 11.3 Å². The molecule has 33 heavy (non-hydrogen) atoms. The fourth-order valence-corrected chi connectivity index (χ4v) is 5.75. The molecule has 2 aromatic rings. The van der Waals surface area contributed by atoms with E-state index in [0.29, 0.717) is 29.0 Å². The van der Waals surface area contributed by atoms with Crippen LogP contribution in [0.15, 0.2) is 42.5 Å². The molecule has 0 radical (unpaired) electrons. The summed E-state index contributed by atoms with van der Waals surface area (Å²) in [7, 11) is 1.54. The van der Waals surface area contributed by atoms with Crippen LogP contribution in [-0.4, -0.2) is 47.0 Å². The minimum absolute atomic E-state index is 0.0424. The smallest absolute Gasteiger partial charge is 0.250 e. The van der Waals surface area contributed by atoms with Gasteiger partial charge in [-0.05, 0) is 25.0 Å². The van der Waals surface area contributed by atoms with Crippen LogP contribution < -0.4 is 15.4 Å². The molecule has 172 valence electrons. The van der Waals surface area contributed by atoms with Crippen LogP contribution in [0.25, 0.3) is 0 Å². The minimum Gasteiger partial charge on any atom is -0.496 e. The number of likely N-dealkylation sites (tertiary alicyclic amines) is 1. The van der Waals surface area contributed by atoms with E-state index in [-0.39, 0.29) is 18.4 Å². The van der Waals surface area contributed by atoms with Crippen LogP contribution in [0.4, 0.5) is 5.69 Å². The normalized spacial score (nSPS) is 28.8. The van der Waals surface area contributed by atoms with Crippen LogP contribution in [0.5, 0.6) is 5.75 Å². The van der Waals surface area contributed by atoms with Gasteiger partial charge in [-0.3, -0.25) is 24.6 Å². The zero-order valence-corrected chi connectivity index (χ0v) is 18.8. The van der Waals surface area contributed by atoms with Crippen molar-refractivity contribution in [3.63, 3.8) is 0 Å². The SMILES string of the molecule is CCc1cccc2c1NC(=O)[C@@]21N[C@H]([C@@H](C)O)[C@H]2C(=O)N(Cc3ccccc3OC)C(=O)[C@H]21. The van der Waals surface area contributed by atoms with E-state index in [2.05, 4.69) is 10.6 Å². The molecule has 3 aliphatic heterocycles. The molecule has 2 saturated heterocycles. The van der Waals surface area contributed by atoms with Crippen molar-refractivity contribution < 1.29 is 24.2 Å². The number of aryl methyl sites for hydroxylation is 1. The number of carbonyl (C=O) groups is 3. The highest BCUT2D eigenvalue weighted by Gasteiger charge is 2.71. The van der Waals surface area contributed by atoms with Crippen molar-refractivity contribution >= 4 is 23.4 Å². The Morgan fingerprint density at radius 1 is 1.09 bits per heavy atom. The van der Waals surface area contributed by atoms with Gasteiger partial charge in [-0.15, -0.1) is 0 Å². The van der Waals surface area contributed by atoms with Gasteiger partial charge in [0.2, 0.25) is 17.7 Å². The lowest BCUT2D eigenvalue weighted by molar-refractivity contribution is -0.143. The number of anilines is 1. The molecule has 1 spiro atoms. The van der Waals surface area contributed by atoms with Gasteiger partial charge in [-0.25, -0.2) is 0 Å². The van der Waals surface area contributed by atoms with E-state index < -0.39 is 35.4 Å². The minimum atomic E-state index is -1.41. The number of amides is 3. The fraction of sp³-hybridized carbons (Fsp3) is 0.400. The summed E-state index contributed by atoms with van der Waals surface area (Å²) in [6, 6.07) is 12.1. The topological polar surface area (TPSA) is 108 Å². The summed E-state index contributed by atoms with van der Waals surface area (Å²) in [6.45, 7) is 3.61. The number of ether oxygens (including phenoxy) is 1. The van der Waals surface area contributed by atoms with Crippen LogP contribution in [0.2, 0.25) is 0 Å². The quantitative estimate of drug-likeness (QED) is 0.598. The number of rotatable bonds is 5. The van der Waals surface area contributed by atoms with Crippen molar-refractivity contribution in [2.45, 2.75) is 44.5 Å². The standard InChI is InChI=1S/C25H27N3O5/c1-4-14-9-7-10-16-21(14)26-24(32)25(16)19-18(20(27-25)13(2)29)22(30)28(23(19)31)12-15-8-5-6-11-17(15)33-3/h5-11,13,18-20,27,29H,4,12H2,1-3H3,(H,26,32)/t13-,18+,19+,20-,25-/m1/s1. The van der Waals surface area contributed by atoms with Crippen molar-refractivity contribution in [1.29, 1.82) is 0 Å². The lowest BCUT2D eigenvalue weighted by atomic mass is 9.76. The summed E-state index contributed by atoms with van der Waals surface area (Å²) in [5, 5.41) is 16.7. The number of hydrogen-bond acceptors (Lipinski definition) is 6. The summed E-state index contributed by atoms with van der Waals surface area (Å²) in [4.78, 5) is 42.1. The predicted molar refractivity (Wildman–Crippen MR) is 120 cm³/mol. The number of fused-ring (bicyclic) bond motifs is 4. The highest BCUT2D eigenvalue weighted by Crippen LogP contribution is 2.54. The molecule has 2 fully saturated rings. The molecule has 0 unspecified atom stereocenters. The molecule has 2 aromatic carbocycles. The Balaban J connectivity index is 1.62. The van der Waals surface area contributed by atoms with Gasteiger partial charge < -0.3 is 15.2 Å². The Hall–Kier alpha value is -3.23. The third kappa shape index (κ3) is 2.87. The lowest BCUT2D eigenvalue weighted by Crippen LogP contribution is -2.54. The molecule has 3 aliphatic rings. The van der Waals surface area contributed by atoms with Crippen molar-refractivity contribution in [3.8, 4) is 5.75 Å². The number of methoxy groups -OCH3 is 1. The van der Waals surface area contributed by atoms with Gasteiger partial charge in [0.25, 0.3) is 0 Å². The highest BCUT2D eigenvalue weighted by molar-refractivity contribution is 6.15. The first-order valence-electron chi connectivity index (χ1n) is 11.2. The number of carbonyl (C=O) groups excluding carboxylic acids is 3. The average Bonchev–Trinajstić information content (AvgIpc) is 3.40. The molecule has 8 heteroatoms. The number of nitrogens with zero attached hydrogens (tertiary/aromatic N) is 1. The van der Waals surface area contributed by atoms with E-state index in [1.807, 2.05) is 37.3 Å². The lowest BCUT2D eigenvalue weighted by Gasteiger charge is -2.30. The number of aliphatic hydroxyl groups is 1. The van der Waals surface area contributed by atoms with Crippen molar-refractivity contribution in [3.05, 3.63) is 59.2 Å². The summed E-state index contributed by atoms with van der Waals surface area (Å²) >= 11 is 0. The molecule has 5 atom stereocenters. The number of hydrogen-bond donors (Lipinski definition) is 3. The van der Waals surface area contributed by atoms with E-state index in [0.717, 1.165) is 5.56 Å². The van der Waals surface area contributed by atoms with Crippen LogP contribution in [0.1, 0.15) is 30.5 Å². The van der Waals surface area contributed by atoms with Crippen LogP contribution in [0, 0.1) is 11.8 Å². The number of imide groups is 1. The molecule has 8 nitrogen and oxygen atoms in total. The largest absolute Gasteiger partial charge is 0.496 e. The Morgan fingerprint density at radius 3 is 2.52 bits per heavy atom. The first-order chi connectivity index (χ1) is 15.8. The monoisotopic (exact) mass is 449 g/mol. The molecule has 0 bridgehead atoms. The van der Waals surface area contributed by atoms with E-state index in [1.165, 1.54) is 12.0 Å². The Labute approximate surface area is 191 Å². The molecule has 3 heterocycles. The van der Waals surface area contributed by atoms with Gasteiger partial charge in [-0.2, -0.15) is 0 Å². The highest BCUT2D eigenvalue weighted by atomic mass is 16.5. The fourth-order valence-electron chi connectivity index (χ4n) is 5.75. The van der Waals surface area contributed by atoms with Crippen molar-refractivity contribution in [2.24, 2.45) is 11.8 Å². The number of nitrogens with one attached hydrogen (secondary N) is 2. The maximum absolute atomic E-state index is 13.8. The molecule has 0 aromatic heterocycles. The van der Waals surface area contributed by atoms with Crippen molar-refractivity contribution in [1.82, 2.24) is 10.2 Å².